The van der Waals surface area contributed by atoms with Gasteiger partial charge in [0.2, 0.25) is 5.28 Å². The number of nitrogens with zero attached hydrogens (tertiary/aromatic N) is 3. The zero-order valence-electron chi connectivity index (χ0n) is 21.1. The third kappa shape index (κ3) is 10.5. The molecule has 2 heterocycles. The van der Waals surface area contributed by atoms with Crippen LogP contribution in [0.3, 0.4) is 0 Å². The van der Waals surface area contributed by atoms with Gasteiger partial charge in [0.15, 0.2) is 11.6 Å². The number of hydrogen-bond acceptors (Lipinski definition) is 5. The van der Waals surface area contributed by atoms with Crippen molar-refractivity contribution in [2.45, 2.75) is 60.3 Å². The van der Waals surface area contributed by atoms with Crippen LogP contribution in [0.4, 0.5) is 10.2 Å². The molecule has 6 nitrogen and oxygen atoms in total. The second-order valence-corrected chi connectivity index (χ2v) is 8.59. The van der Waals surface area contributed by atoms with Crippen molar-refractivity contribution in [1.29, 1.82) is 0 Å². The molecule has 0 aromatic carbocycles. The summed E-state index contributed by atoms with van der Waals surface area (Å²) < 4.78 is 13.3. The number of allylic oxidation sites excluding steroid dienone is 6. The van der Waals surface area contributed by atoms with E-state index in [1.807, 2.05) is 49.1 Å². The highest BCUT2D eigenvalue weighted by atomic mass is 35.5. The molecule has 0 spiro atoms. The minimum atomic E-state index is -0.400. The quantitative estimate of drug-likeness (QED) is 0.262. The number of aromatic nitrogens is 2. The maximum Gasteiger partial charge on any atom is 0.251 e. The number of amides is 1. The summed E-state index contributed by atoms with van der Waals surface area (Å²) in [5.41, 5.74) is 8.11. The standard InChI is InChI=1S/C17H28N2O.C9H11ClFN3/c1-5-8-10-12-16(17(20)19-7-3)13-15(14(4)18)11-9-6-2;1-6-2-3-14(5-6)8-7(11)4-12-9(10)13-8/h9-13H,5-8,18H2,1-4H3,(H,19,20);4,6H,2-3,5H2,1H3/b11-9+,12-10+,15-14+,16-13+;. The fraction of sp³-hybridized carbons (Fsp3) is 0.500. The highest BCUT2D eigenvalue weighted by Crippen LogP contribution is 2.24. The van der Waals surface area contributed by atoms with Gasteiger partial charge in [-0.25, -0.2) is 9.37 Å². The first-order valence-electron chi connectivity index (χ1n) is 12.0. The van der Waals surface area contributed by atoms with E-state index in [-0.39, 0.29) is 11.2 Å². The van der Waals surface area contributed by atoms with Crippen molar-refractivity contribution in [3.8, 4) is 0 Å². The molecule has 0 aliphatic carbocycles. The van der Waals surface area contributed by atoms with E-state index in [2.05, 4.69) is 36.1 Å². The van der Waals surface area contributed by atoms with Gasteiger partial charge in [-0.15, -0.1) is 0 Å². The maximum absolute atomic E-state index is 13.3. The molecular formula is C26H39ClFN5O. The summed E-state index contributed by atoms with van der Waals surface area (Å²) in [7, 11) is 0. The molecule has 0 saturated carbocycles. The largest absolute Gasteiger partial charge is 0.402 e. The topological polar surface area (TPSA) is 84.1 Å². The predicted molar refractivity (Wildman–Crippen MR) is 140 cm³/mol. The van der Waals surface area contributed by atoms with Crippen molar-refractivity contribution < 1.29 is 9.18 Å². The van der Waals surface area contributed by atoms with Crippen LogP contribution >= 0.6 is 11.6 Å². The zero-order chi connectivity index (χ0) is 25.5. The number of likely N-dealkylation sites (N-methyl/N-ethyl adjacent to an activating group) is 1. The fourth-order valence-corrected chi connectivity index (χ4v) is 3.35. The molecule has 34 heavy (non-hydrogen) atoms. The molecule has 0 bridgehead atoms. The average molecular weight is 492 g/mol. The average Bonchev–Trinajstić information content (AvgIpc) is 3.23. The van der Waals surface area contributed by atoms with Gasteiger partial charge in [-0.2, -0.15) is 4.98 Å². The normalized spacial score (nSPS) is 17.1. The minimum Gasteiger partial charge on any atom is -0.402 e. The zero-order valence-corrected chi connectivity index (χ0v) is 21.8. The second kappa shape index (κ2) is 16.0. The Kier molecular flexibility index (Phi) is 13.9. The molecule has 8 heteroatoms. The summed E-state index contributed by atoms with van der Waals surface area (Å²) >= 11 is 5.62. The van der Waals surface area contributed by atoms with Crippen molar-refractivity contribution >= 4 is 23.3 Å². The molecule has 1 unspecified atom stereocenters. The van der Waals surface area contributed by atoms with Gasteiger partial charge in [0, 0.05) is 30.9 Å². The van der Waals surface area contributed by atoms with E-state index in [9.17, 15) is 9.18 Å². The first-order chi connectivity index (χ1) is 16.2. The molecule has 2 rings (SSSR count). The highest BCUT2D eigenvalue weighted by Gasteiger charge is 2.22. The molecule has 1 amide bonds. The molecule has 1 saturated heterocycles. The Bertz CT molecular complexity index is 906. The fourth-order valence-electron chi connectivity index (χ4n) is 3.22. The lowest BCUT2D eigenvalue weighted by molar-refractivity contribution is -0.117. The van der Waals surface area contributed by atoms with Gasteiger partial charge < -0.3 is 16.0 Å². The molecule has 1 aromatic heterocycles. The molecule has 3 N–H and O–H groups in total. The number of rotatable bonds is 9. The van der Waals surface area contributed by atoms with Crippen LogP contribution in [-0.2, 0) is 4.79 Å². The number of nitrogens with two attached hydrogens (primary N) is 1. The van der Waals surface area contributed by atoms with Crippen LogP contribution in [0.2, 0.25) is 5.28 Å². The van der Waals surface area contributed by atoms with Crippen LogP contribution in [0.25, 0.3) is 0 Å². The molecular weight excluding hydrogens is 453 g/mol. The van der Waals surface area contributed by atoms with Gasteiger partial charge in [-0.1, -0.05) is 51.5 Å². The summed E-state index contributed by atoms with van der Waals surface area (Å²) in [4.78, 5) is 21.4. The summed E-state index contributed by atoms with van der Waals surface area (Å²) in [5, 5.41) is 2.93. The monoisotopic (exact) mass is 491 g/mol. The Balaban J connectivity index is 0.000000358. The van der Waals surface area contributed by atoms with Crippen LogP contribution in [0, 0.1) is 11.7 Å². The molecule has 1 aromatic rings. The summed E-state index contributed by atoms with van der Waals surface area (Å²) in [5.74, 6) is 0.449. The molecule has 188 valence electrons. The van der Waals surface area contributed by atoms with Gasteiger partial charge in [0.1, 0.15) is 0 Å². The number of halogens is 2. The van der Waals surface area contributed by atoms with Crippen LogP contribution in [0.15, 0.2) is 53.4 Å². The Morgan fingerprint density at radius 1 is 1.32 bits per heavy atom. The lowest BCUT2D eigenvalue weighted by Crippen LogP contribution is -2.23. The van der Waals surface area contributed by atoms with E-state index in [0.29, 0.717) is 29.6 Å². The number of carbonyl (C=O) groups excluding carboxylic acids is 1. The van der Waals surface area contributed by atoms with E-state index in [1.165, 1.54) is 0 Å². The lowest BCUT2D eigenvalue weighted by Gasteiger charge is -2.16. The van der Waals surface area contributed by atoms with Crippen molar-refractivity contribution in [2.24, 2.45) is 11.7 Å². The number of anilines is 1. The van der Waals surface area contributed by atoms with Crippen molar-refractivity contribution in [1.82, 2.24) is 15.3 Å². The van der Waals surface area contributed by atoms with Crippen molar-refractivity contribution in [2.75, 3.05) is 24.5 Å². The summed E-state index contributed by atoms with van der Waals surface area (Å²) in [6.45, 7) is 12.4. The Morgan fingerprint density at radius 3 is 2.62 bits per heavy atom. The van der Waals surface area contributed by atoms with Crippen LogP contribution in [0.1, 0.15) is 60.3 Å². The third-order valence-electron chi connectivity index (χ3n) is 5.07. The Labute approximate surface area is 208 Å². The van der Waals surface area contributed by atoms with E-state index < -0.39 is 5.82 Å². The molecule has 1 fully saturated rings. The summed E-state index contributed by atoms with van der Waals surface area (Å²) in [6.07, 6.45) is 14.9. The first kappa shape index (κ1) is 29.4. The van der Waals surface area contributed by atoms with Crippen molar-refractivity contribution in [3.63, 3.8) is 0 Å². The van der Waals surface area contributed by atoms with E-state index in [4.69, 9.17) is 17.3 Å². The van der Waals surface area contributed by atoms with Crippen LogP contribution < -0.4 is 16.0 Å². The number of unbranched alkanes of at least 4 members (excludes halogenated alkanes) is 1. The van der Waals surface area contributed by atoms with Gasteiger partial charge in [-0.05, 0) is 62.3 Å². The van der Waals surface area contributed by atoms with E-state index in [1.54, 1.807) is 0 Å². The Hall–Kier alpha value is -2.67. The van der Waals surface area contributed by atoms with Crippen LogP contribution in [-0.4, -0.2) is 35.5 Å². The smallest absolute Gasteiger partial charge is 0.251 e. The molecule has 1 aliphatic heterocycles. The SMILES string of the molecule is CC/C=C/C(/C=C(\C=C\CCC)C(=O)NCC)=C(/C)N.CC1CCN(c2nc(Cl)ncc2F)C1. The Morgan fingerprint density at radius 2 is 2.06 bits per heavy atom. The number of nitrogens with one attached hydrogen (secondary N) is 1. The molecule has 1 aliphatic rings. The van der Waals surface area contributed by atoms with Gasteiger partial charge in [0.25, 0.3) is 5.91 Å². The lowest BCUT2D eigenvalue weighted by atomic mass is 10.1. The predicted octanol–water partition coefficient (Wildman–Crippen LogP) is 5.72. The number of hydrogen-bond donors (Lipinski definition) is 2. The van der Waals surface area contributed by atoms with Crippen LogP contribution in [0.5, 0.6) is 0 Å². The summed E-state index contributed by atoms with van der Waals surface area (Å²) in [6, 6.07) is 0. The van der Waals surface area contributed by atoms with E-state index in [0.717, 1.165) is 50.5 Å². The third-order valence-corrected chi connectivity index (χ3v) is 5.25. The first-order valence-corrected chi connectivity index (χ1v) is 12.3. The maximum atomic E-state index is 13.3. The molecule has 0 radical (unpaired) electrons. The number of carbonyl (C=O) groups is 1. The highest BCUT2D eigenvalue weighted by molar-refractivity contribution is 6.28. The van der Waals surface area contributed by atoms with Crippen molar-refractivity contribution in [3.05, 3.63) is 64.5 Å². The van der Waals surface area contributed by atoms with E-state index >= 15 is 0 Å². The molecule has 1 atom stereocenters. The van der Waals surface area contributed by atoms with Gasteiger partial charge in [0.05, 0.1) is 6.20 Å². The second-order valence-electron chi connectivity index (χ2n) is 8.25. The van der Waals surface area contributed by atoms with Gasteiger partial charge >= 0.3 is 0 Å². The van der Waals surface area contributed by atoms with Gasteiger partial charge in [-0.3, -0.25) is 4.79 Å². The minimum absolute atomic E-state index is 0.0662.